The summed E-state index contributed by atoms with van der Waals surface area (Å²) in [4.78, 5) is 33.3. The Bertz CT molecular complexity index is 1490. The van der Waals surface area contributed by atoms with E-state index in [1.54, 1.807) is 49.5 Å². The molecule has 0 saturated heterocycles. The number of para-hydroxylation sites is 1. The van der Waals surface area contributed by atoms with Crippen molar-refractivity contribution in [1.29, 1.82) is 0 Å². The van der Waals surface area contributed by atoms with Gasteiger partial charge in [-0.15, -0.1) is 0 Å². The highest BCUT2D eigenvalue weighted by molar-refractivity contribution is 9.11. The first-order valence-corrected chi connectivity index (χ1v) is 12.6. The SMILES string of the molecule is COc1cc(OC)c(Br)c(-n2c(C(C)N(C)C(=O)Nc3ccc(Br)cc3)nc3ccccc3c2=O)c1. The number of halogens is 2. The smallest absolute Gasteiger partial charge is 0.322 e. The summed E-state index contributed by atoms with van der Waals surface area (Å²) in [7, 11) is 4.73. The largest absolute Gasteiger partial charge is 0.497 e. The quantitative estimate of drug-likeness (QED) is 0.281. The summed E-state index contributed by atoms with van der Waals surface area (Å²) in [5.41, 5.74) is 1.39. The Morgan fingerprint density at radius 1 is 1.06 bits per heavy atom. The van der Waals surface area contributed by atoms with E-state index in [9.17, 15) is 9.59 Å². The van der Waals surface area contributed by atoms with Crippen LogP contribution in [0, 0.1) is 0 Å². The lowest BCUT2D eigenvalue weighted by Crippen LogP contribution is -2.37. The minimum atomic E-state index is -0.582. The Hall–Kier alpha value is -3.37. The van der Waals surface area contributed by atoms with Crippen molar-refractivity contribution < 1.29 is 14.3 Å². The van der Waals surface area contributed by atoms with Crippen molar-refractivity contribution in [1.82, 2.24) is 14.5 Å². The molecule has 1 heterocycles. The molecule has 0 radical (unpaired) electrons. The molecule has 0 aliphatic carbocycles. The second kappa shape index (κ2) is 10.7. The van der Waals surface area contributed by atoms with Gasteiger partial charge in [0.15, 0.2) is 0 Å². The highest BCUT2D eigenvalue weighted by atomic mass is 79.9. The number of rotatable bonds is 6. The number of aromatic nitrogens is 2. The third-order valence-electron chi connectivity index (χ3n) is 5.86. The fourth-order valence-electron chi connectivity index (χ4n) is 3.74. The lowest BCUT2D eigenvalue weighted by Gasteiger charge is -2.27. The van der Waals surface area contributed by atoms with Crippen LogP contribution in [0.4, 0.5) is 10.5 Å². The molecule has 2 amide bonds. The molecule has 0 spiro atoms. The molecule has 1 atom stereocenters. The van der Waals surface area contributed by atoms with E-state index in [4.69, 9.17) is 14.5 Å². The van der Waals surface area contributed by atoms with Gasteiger partial charge in [0.2, 0.25) is 0 Å². The molecule has 1 aromatic heterocycles. The van der Waals surface area contributed by atoms with Crippen LogP contribution in [0.1, 0.15) is 18.8 Å². The summed E-state index contributed by atoms with van der Waals surface area (Å²) in [6.07, 6.45) is 0. The zero-order valence-electron chi connectivity index (χ0n) is 20.1. The van der Waals surface area contributed by atoms with Crippen LogP contribution in [0.5, 0.6) is 11.5 Å². The summed E-state index contributed by atoms with van der Waals surface area (Å²) in [5.74, 6) is 1.37. The van der Waals surface area contributed by atoms with E-state index in [1.807, 2.05) is 25.1 Å². The molecular weight excluding hydrogens is 592 g/mol. The zero-order chi connectivity index (χ0) is 26.0. The van der Waals surface area contributed by atoms with E-state index in [0.717, 1.165) is 4.47 Å². The van der Waals surface area contributed by atoms with Gasteiger partial charge in [0, 0.05) is 29.3 Å². The number of anilines is 1. The highest BCUT2D eigenvalue weighted by Gasteiger charge is 2.26. The van der Waals surface area contributed by atoms with Crippen LogP contribution in [0.15, 0.2) is 74.4 Å². The number of nitrogens with zero attached hydrogens (tertiary/aromatic N) is 3. The number of hydrogen-bond donors (Lipinski definition) is 1. The predicted molar refractivity (Wildman–Crippen MR) is 147 cm³/mol. The molecule has 10 heteroatoms. The molecule has 0 aliphatic rings. The Kier molecular flexibility index (Phi) is 7.65. The average molecular weight is 616 g/mol. The molecule has 36 heavy (non-hydrogen) atoms. The van der Waals surface area contributed by atoms with E-state index < -0.39 is 6.04 Å². The fraction of sp³-hybridized carbons (Fsp3) is 0.192. The molecule has 186 valence electrons. The van der Waals surface area contributed by atoms with Gasteiger partial charge in [-0.05, 0) is 59.3 Å². The molecule has 0 fully saturated rings. The van der Waals surface area contributed by atoms with Gasteiger partial charge in [-0.25, -0.2) is 9.78 Å². The van der Waals surface area contributed by atoms with Crippen LogP contribution in [0.25, 0.3) is 16.6 Å². The predicted octanol–water partition coefficient (Wildman–Crippen LogP) is 6.15. The standard InChI is InChI=1S/C26H24Br2N4O4/c1-15(31(2)26(34)29-17-11-9-16(27)10-12-17)24-30-20-8-6-5-7-19(20)25(33)32(24)21-13-18(35-3)14-22(36-4)23(21)28/h5-15H,1-4H3,(H,29,34). The molecule has 0 saturated carbocycles. The molecular formula is C26H24Br2N4O4. The zero-order valence-corrected chi connectivity index (χ0v) is 23.3. The monoisotopic (exact) mass is 614 g/mol. The van der Waals surface area contributed by atoms with Gasteiger partial charge in [0.25, 0.3) is 5.56 Å². The third-order valence-corrected chi connectivity index (χ3v) is 7.19. The molecule has 1 N–H and O–H groups in total. The summed E-state index contributed by atoms with van der Waals surface area (Å²) < 4.78 is 13.9. The number of carbonyl (C=O) groups is 1. The lowest BCUT2D eigenvalue weighted by molar-refractivity contribution is 0.205. The summed E-state index contributed by atoms with van der Waals surface area (Å²) in [5, 5.41) is 3.33. The first-order chi connectivity index (χ1) is 17.2. The summed E-state index contributed by atoms with van der Waals surface area (Å²) in [6, 6.07) is 16.9. The van der Waals surface area contributed by atoms with Crippen molar-refractivity contribution in [2.45, 2.75) is 13.0 Å². The molecule has 4 aromatic rings. The number of fused-ring (bicyclic) bond motifs is 1. The number of carbonyl (C=O) groups excluding carboxylic acids is 1. The molecule has 1 unspecified atom stereocenters. The first kappa shape index (κ1) is 25.7. The summed E-state index contributed by atoms with van der Waals surface area (Å²) in [6.45, 7) is 1.82. The van der Waals surface area contributed by atoms with E-state index >= 15 is 0 Å². The third kappa shape index (κ3) is 4.96. The van der Waals surface area contributed by atoms with Gasteiger partial charge in [-0.2, -0.15) is 0 Å². The van der Waals surface area contributed by atoms with Crippen LogP contribution in [-0.4, -0.2) is 41.7 Å². The number of benzene rings is 3. The van der Waals surface area contributed by atoms with E-state index in [2.05, 4.69) is 37.2 Å². The Balaban J connectivity index is 1.86. The number of nitrogens with one attached hydrogen (secondary N) is 1. The van der Waals surface area contributed by atoms with Crippen LogP contribution in [-0.2, 0) is 0 Å². The van der Waals surface area contributed by atoms with Crippen molar-refractivity contribution in [3.8, 4) is 17.2 Å². The van der Waals surface area contributed by atoms with Crippen molar-refractivity contribution in [2.75, 3.05) is 26.6 Å². The van der Waals surface area contributed by atoms with E-state index in [1.165, 1.54) is 23.7 Å². The second-order valence-electron chi connectivity index (χ2n) is 8.01. The van der Waals surface area contributed by atoms with Crippen molar-refractivity contribution in [3.63, 3.8) is 0 Å². The Morgan fingerprint density at radius 3 is 2.42 bits per heavy atom. The Morgan fingerprint density at radius 2 is 1.75 bits per heavy atom. The number of ether oxygens (including phenoxy) is 2. The lowest BCUT2D eigenvalue weighted by atomic mass is 10.2. The van der Waals surface area contributed by atoms with Gasteiger partial charge in [0.05, 0.1) is 41.3 Å². The van der Waals surface area contributed by atoms with Gasteiger partial charge in [0.1, 0.15) is 17.3 Å². The highest BCUT2D eigenvalue weighted by Crippen LogP contribution is 2.36. The molecule has 8 nitrogen and oxygen atoms in total. The molecule has 4 rings (SSSR count). The van der Waals surface area contributed by atoms with Gasteiger partial charge >= 0.3 is 6.03 Å². The summed E-state index contributed by atoms with van der Waals surface area (Å²) >= 11 is 6.97. The average Bonchev–Trinajstić information content (AvgIpc) is 2.89. The first-order valence-electron chi connectivity index (χ1n) is 11.0. The number of hydrogen-bond acceptors (Lipinski definition) is 5. The van der Waals surface area contributed by atoms with Gasteiger partial charge < -0.3 is 19.7 Å². The van der Waals surface area contributed by atoms with Crippen molar-refractivity contribution >= 4 is 54.5 Å². The minimum Gasteiger partial charge on any atom is -0.497 e. The van der Waals surface area contributed by atoms with Gasteiger partial charge in [-0.1, -0.05) is 28.1 Å². The molecule has 3 aromatic carbocycles. The normalized spacial score (nSPS) is 11.7. The van der Waals surface area contributed by atoms with Crippen LogP contribution in [0.2, 0.25) is 0 Å². The van der Waals surface area contributed by atoms with Crippen LogP contribution >= 0.6 is 31.9 Å². The Labute approximate surface area is 225 Å². The second-order valence-corrected chi connectivity index (χ2v) is 9.72. The maximum Gasteiger partial charge on any atom is 0.322 e. The minimum absolute atomic E-state index is 0.278. The maximum absolute atomic E-state index is 13.8. The van der Waals surface area contributed by atoms with E-state index in [-0.39, 0.29) is 11.6 Å². The number of methoxy groups -OCH3 is 2. The molecule has 0 bridgehead atoms. The van der Waals surface area contributed by atoms with E-state index in [0.29, 0.717) is 44.1 Å². The van der Waals surface area contributed by atoms with Crippen LogP contribution < -0.4 is 20.3 Å². The van der Waals surface area contributed by atoms with Crippen LogP contribution in [0.3, 0.4) is 0 Å². The number of urea groups is 1. The maximum atomic E-state index is 13.8. The van der Waals surface area contributed by atoms with Crippen molar-refractivity contribution in [3.05, 3.63) is 85.8 Å². The molecule has 0 aliphatic heterocycles. The number of amides is 2. The fourth-order valence-corrected chi connectivity index (χ4v) is 4.58. The topological polar surface area (TPSA) is 85.7 Å². The van der Waals surface area contributed by atoms with Crippen molar-refractivity contribution in [2.24, 2.45) is 0 Å². The van der Waals surface area contributed by atoms with Gasteiger partial charge in [-0.3, -0.25) is 9.36 Å².